The van der Waals surface area contributed by atoms with E-state index in [1.54, 1.807) is 13.8 Å². The molecule has 2 aromatic rings. The molecule has 23 heavy (non-hydrogen) atoms. The number of hydrogen-bond acceptors (Lipinski definition) is 5. The number of carbonyl (C=O) groups is 2. The molecule has 5 nitrogen and oxygen atoms in total. The number of hydrogen-bond donors (Lipinski definition) is 1. The standard InChI is InChI=1S/C14H11Cl3N2O3S/c1-6-13(23-7(2)18-6)14(21)22-5-11(20)19-12-9(16)3-8(15)4-10(12)17/h3-4H,5H2,1-2H3,(H,19,20). The minimum absolute atomic E-state index is 0.191. The van der Waals surface area contributed by atoms with Gasteiger partial charge in [0, 0.05) is 5.02 Å². The molecule has 1 aromatic carbocycles. The van der Waals surface area contributed by atoms with Crippen LogP contribution in [-0.2, 0) is 9.53 Å². The zero-order valence-electron chi connectivity index (χ0n) is 12.1. The number of aryl methyl sites for hydroxylation is 2. The number of benzene rings is 1. The van der Waals surface area contributed by atoms with Gasteiger partial charge in [0.15, 0.2) is 6.61 Å². The van der Waals surface area contributed by atoms with E-state index in [2.05, 4.69) is 10.3 Å². The average molecular weight is 394 g/mol. The van der Waals surface area contributed by atoms with E-state index in [4.69, 9.17) is 39.5 Å². The molecule has 0 aliphatic rings. The zero-order valence-corrected chi connectivity index (χ0v) is 15.2. The fourth-order valence-corrected chi connectivity index (χ4v) is 3.48. The molecule has 2 rings (SSSR count). The third-order valence-corrected chi connectivity index (χ3v) is 4.56. The quantitative estimate of drug-likeness (QED) is 0.776. The summed E-state index contributed by atoms with van der Waals surface area (Å²) in [7, 11) is 0. The van der Waals surface area contributed by atoms with Gasteiger partial charge in [0.2, 0.25) is 0 Å². The molecule has 0 spiro atoms. The summed E-state index contributed by atoms with van der Waals surface area (Å²) < 4.78 is 4.97. The zero-order chi connectivity index (χ0) is 17.1. The third-order valence-electron chi connectivity index (χ3n) is 2.69. The van der Waals surface area contributed by atoms with Gasteiger partial charge in [-0.05, 0) is 26.0 Å². The second-order valence-corrected chi connectivity index (χ2v) is 6.97. The van der Waals surface area contributed by atoms with Crippen LogP contribution in [-0.4, -0.2) is 23.5 Å². The predicted molar refractivity (Wildman–Crippen MR) is 92.0 cm³/mol. The molecule has 0 saturated heterocycles. The summed E-state index contributed by atoms with van der Waals surface area (Å²) in [5.74, 6) is -1.17. The van der Waals surface area contributed by atoms with Crippen molar-refractivity contribution in [3.05, 3.63) is 42.8 Å². The highest BCUT2D eigenvalue weighted by molar-refractivity contribution is 7.13. The van der Waals surface area contributed by atoms with Gasteiger partial charge in [-0.2, -0.15) is 0 Å². The normalized spacial score (nSPS) is 10.5. The van der Waals surface area contributed by atoms with Crippen LogP contribution in [0.4, 0.5) is 5.69 Å². The summed E-state index contributed by atoms with van der Waals surface area (Å²) in [6.45, 7) is 3.02. The molecular formula is C14H11Cl3N2O3S. The van der Waals surface area contributed by atoms with E-state index in [-0.39, 0.29) is 15.7 Å². The molecule has 9 heteroatoms. The molecular weight excluding hydrogens is 383 g/mol. The van der Waals surface area contributed by atoms with Crippen LogP contribution in [0.1, 0.15) is 20.4 Å². The van der Waals surface area contributed by atoms with E-state index < -0.39 is 18.5 Å². The minimum Gasteiger partial charge on any atom is -0.451 e. The molecule has 0 aliphatic heterocycles. The van der Waals surface area contributed by atoms with Crippen molar-refractivity contribution in [2.45, 2.75) is 13.8 Å². The SMILES string of the molecule is Cc1nc(C)c(C(=O)OCC(=O)Nc2c(Cl)cc(Cl)cc2Cl)s1. The molecule has 0 fully saturated rings. The molecule has 0 bridgehead atoms. The number of aromatic nitrogens is 1. The highest BCUT2D eigenvalue weighted by Gasteiger charge is 2.17. The molecule has 0 radical (unpaired) electrons. The van der Waals surface area contributed by atoms with Crippen molar-refractivity contribution >= 4 is 63.7 Å². The van der Waals surface area contributed by atoms with Gasteiger partial charge in [0.05, 0.1) is 26.4 Å². The van der Waals surface area contributed by atoms with Crippen LogP contribution in [0.5, 0.6) is 0 Å². The van der Waals surface area contributed by atoms with Gasteiger partial charge in [-0.3, -0.25) is 4.79 Å². The summed E-state index contributed by atoms with van der Waals surface area (Å²) >= 11 is 18.9. The summed E-state index contributed by atoms with van der Waals surface area (Å²) in [6, 6.07) is 2.89. The van der Waals surface area contributed by atoms with Gasteiger partial charge >= 0.3 is 5.97 Å². The Labute approximate surface area is 151 Å². The lowest BCUT2D eigenvalue weighted by atomic mass is 10.3. The minimum atomic E-state index is -0.600. The van der Waals surface area contributed by atoms with Crippen LogP contribution in [0.25, 0.3) is 0 Å². The number of nitrogens with zero attached hydrogens (tertiary/aromatic N) is 1. The summed E-state index contributed by atoms with van der Waals surface area (Å²) in [6.07, 6.45) is 0. The van der Waals surface area contributed by atoms with E-state index >= 15 is 0 Å². The highest BCUT2D eigenvalue weighted by Crippen LogP contribution is 2.33. The first-order valence-corrected chi connectivity index (χ1v) is 8.28. The lowest BCUT2D eigenvalue weighted by molar-refractivity contribution is -0.119. The first-order chi connectivity index (χ1) is 10.8. The largest absolute Gasteiger partial charge is 0.451 e. The Morgan fingerprint density at radius 3 is 2.35 bits per heavy atom. The molecule has 122 valence electrons. The lowest BCUT2D eigenvalue weighted by Gasteiger charge is -2.10. The molecule has 1 amide bonds. The fourth-order valence-electron chi connectivity index (χ4n) is 1.75. The average Bonchev–Trinajstić information content (AvgIpc) is 2.79. The molecule has 0 aliphatic carbocycles. The highest BCUT2D eigenvalue weighted by atomic mass is 35.5. The second-order valence-electron chi connectivity index (χ2n) is 4.52. The number of carbonyl (C=O) groups excluding carboxylic acids is 2. The van der Waals surface area contributed by atoms with Crippen molar-refractivity contribution in [1.29, 1.82) is 0 Å². The van der Waals surface area contributed by atoms with Crippen molar-refractivity contribution in [3.8, 4) is 0 Å². The van der Waals surface area contributed by atoms with Crippen LogP contribution >= 0.6 is 46.1 Å². The number of rotatable bonds is 4. The van der Waals surface area contributed by atoms with Gasteiger partial charge in [-0.25, -0.2) is 9.78 Å². The number of nitrogens with one attached hydrogen (secondary N) is 1. The van der Waals surface area contributed by atoms with E-state index in [0.717, 1.165) is 5.01 Å². The van der Waals surface area contributed by atoms with Crippen LogP contribution < -0.4 is 5.32 Å². The Hall–Kier alpha value is -1.34. The first-order valence-electron chi connectivity index (χ1n) is 6.33. The molecule has 0 atom stereocenters. The van der Waals surface area contributed by atoms with E-state index in [0.29, 0.717) is 15.6 Å². The molecule has 1 heterocycles. The number of anilines is 1. The van der Waals surface area contributed by atoms with Crippen LogP contribution in [0.15, 0.2) is 12.1 Å². The Morgan fingerprint density at radius 2 is 1.83 bits per heavy atom. The first kappa shape index (κ1) is 18.0. The summed E-state index contributed by atoms with van der Waals surface area (Å²) in [4.78, 5) is 28.3. The maximum atomic E-state index is 11.9. The number of esters is 1. The lowest BCUT2D eigenvalue weighted by Crippen LogP contribution is -2.21. The van der Waals surface area contributed by atoms with E-state index in [9.17, 15) is 9.59 Å². The molecule has 0 saturated carbocycles. The number of halogens is 3. The Morgan fingerprint density at radius 1 is 1.22 bits per heavy atom. The van der Waals surface area contributed by atoms with Crippen molar-refractivity contribution in [2.24, 2.45) is 0 Å². The fraction of sp³-hybridized carbons (Fsp3) is 0.214. The van der Waals surface area contributed by atoms with Gasteiger partial charge in [0.25, 0.3) is 5.91 Å². The molecule has 1 aromatic heterocycles. The van der Waals surface area contributed by atoms with Gasteiger partial charge < -0.3 is 10.1 Å². The van der Waals surface area contributed by atoms with Gasteiger partial charge in [0.1, 0.15) is 4.88 Å². The Bertz CT molecular complexity index is 754. The molecule has 1 N–H and O–H groups in total. The topological polar surface area (TPSA) is 68.3 Å². The smallest absolute Gasteiger partial charge is 0.350 e. The van der Waals surface area contributed by atoms with Gasteiger partial charge in [-0.15, -0.1) is 11.3 Å². The number of thiazole rings is 1. The Kier molecular flexibility index (Phi) is 5.86. The molecule has 0 unspecified atom stereocenters. The predicted octanol–water partition coefficient (Wildman–Crippen LogP) is 4.52. The monoisotopic (exact) mass is 392 g/mol. The second kappa shape index (κ2) is 7.49. The van der Waals surface area contributed by atoms with Gasteiger partial charge in [-0.1, -0.05) is 34.8 Å². The van der Waals surface area contributed by atoms with Crippen molar-refractivity contribution in [1.82, 2.24) is 4.98 Å². The maximum Gasteiger partial charge on any atom is 0.350 e. The maximum absolute atomic E-state index is 11.9. The van der Waals surface area contributed by atoms with Crippen molar-refractivity contribution in [3.63, 3.8) is 0 Å². The number of ether oxygens (including phenoxy) is 1. The summed E-state index contributed by atoms with van der Waals surface area (Å²) in [5, 5.41) is 3.96. The number of amides is 1. The van der Waals surface area contributed by atoms with Crippen molar-refractivity contribution < 1.29 is 14.3 Å². The Balaban J connectivity index is 1.98. The van der Waals surface area contributed by atoms with Crippen LogP contribution in [0.2, 0.25) is 15.1 Å². The summed E-state index contributed by atoms with van der Waals surface area (Å²) in [5.41, 5.74) is 0.783. The van der Waals surface area contributed by atoms with E-state index in [1.165, 1.54) is 23.5 Å². The van der Waals surface area contributed by atoms with Crippen LogP contribution in [0.3, 0.4) is 0 Å². The third kappa shape index (κ3) is 4.57. The van der Waals surface area contributed by atoms with Crippen LogP contribution in [0, 0.1) is 13.8 Å². The van der Waals surface area contributed by atoms with Crippen molar-refractivity contribution in [2.75, 3.05) is 11.9 Å². The van der Waals surface area contributed by atoms with E-state index in [1.807, 2.05) is 0 Å².